The van der Waals surface area contributed by atoms with Crippen LogP contribution in [0.2, 0.25) is 0 Å². The molecule has 94 valence electrons. The topological polar surface area (TPSA) is 18.5 Å². The van der Waals surface area contributed by atoms with Crippen molar-refractivity contribution in [3.8, 4) is 0 Å². The lowest BCUT2D eigenvalue weighted by atomic mass is 10.0. The van der Waals surface area contributed by atoms with Gasteiger partial charge in [-0.05, 0) is 32.1 Å². The zero-order chi connectivity index (χ0) is 12.4. The average Bonchev–Trinajstić information content (AvgIpc) is 2.30. The number of allylic oxidation sites excluding steroid dienone is 3. The van der Waals surface area contributed by atoms with Crippen molar-refractivity contribution in [2.45, 2.75) is 45.8 Å². The van der Waals surface area contributed by atoms with E-state index in [4.69, 9.17) is 9.47 Å². The van der Waals surface area contributed by atoms with Crippen LogP contribution in [0.1, 0.15) is 39.5 Å². The Morgan fingerprint density at radius 2 is 1.88 bits per heavy atom. The highest BCUT2D eigenvalue weighted by molar-refractivity contribution is 4.98. The van der Waals surface area contributed by atoms with Gasteiger partial charge < -0.3 is 9.47 Å². The Morgan fingerprint density at radius 1 is 1.25 bits per heavy atom. The molecule has 0 aromatic rings. The first kappa shape index (κ1) is 15.4. The Balaban J connectivity index is 3.74. The largest absolute Gasteiger partial charge is 0.356 e. The van der Waals surface area contributed by atoms with Gasteiger partial charge in [0, 0.05) is 20.6 Å². The molecule has 1 atom stereocenters. The highest BCUT2D eigenvalue weighted by Crippen LogP contribution is 2.13. The van der Waals surface area contributed by atoms with Crippen molar-refractivity contribution in [3.63, 3.8) is 0 Å². The van der Waals surface area contributed by atoms with Crippen molar-refractivity contribution in [2.24, 2.45) is 5.92 Å². The molecule has 0 heterocycles. The van der Waals surface area contributed by atoms with Crippen LogP contribution in [-0.4, -0.2) is 20.5 Å². The van der Waals surface area contributed by atoms with Gasteiger partial charge in [-0.3, -0.25) is 0 Å². The van der Waals surface area contributed by atoms with Crippen LogP contribution < -0.4 is 0 Å². The second kappa shape index (κ2) is 9.61. The van der Waals surface area contributed by atoms with Crippen molar-refractivity contribution in [1.82, 2.24) is 0 Å². The molecule has 0 aliphatic rings. The van der Waals surface area contributed by atoms with Gasteiger partial charge in [0.25, 0.3) is 0 Å². The van der Waals surface area contributed by atoms with Gasteiger partial charge in [-0.25, -0.2) is 0 Å². The predicted octanol–water partition coefficient (Wildman–Crippen LogP) is 3.93. The molecule has 0 amide bonds. The molecule has 0 fully saturated rings. The van der Waals surface area contributed by atoms with E-state index in [1.807, 2.05) is 6.08 Å². The van der Waals surface area contributed by atoms with Crippen molar-refractivity contribution in [2.75, 3.05) is 14.2 Å². The fourth-order valence-electron chi connectivity index (χ4n) is 1.49. The van der Waals surface area contributed by atoms with Crippen LogP contribution in [0.3, 0.4) is 0 Å². The van der Waals surface area contributed by atoms with Gasteiger partial charge in [0.2, 0.25) is 0 Å². The van der Waals surface area contributed by atoms with E-state index < -0.39 is 0 Å². The Kier molecular flexibility index (Phi) is 9.25. The minimum absolute atomic E-state index is 0.0737. The maximum Gasteiger partial charge on any atom is 0.157 e. The number of methoxy groups -OCH3 is 2. The first-order valence-corrected chi connectivity index (χ1v) is 5.97. The molecule has 0 aromatic carbocycles. The smallest absolute Gasteiger partial charge is 0.157 e. The van der Waals surface area contributed by atoms with E-state index in [0.29, 0.717) is 5.92 Å². The minimum Gasteiger partial charge on any atom is -0.356 e. The summed E-state index contributed by atoms with van der Waals surface area (Å²) in [6.07, 6.45) is 8.51. The van der Waals surface area contributed by atoms with Gasteiger partial charge >= 0.3 is 0 Å². The molecule has 0 radical (unpaired) electrons. The summed E-state index contributed by atoms with van der Waals surface area (Å²) >= 11 is 0. The molecule has 0 rings (SSSR count). The highest BCUT2D eigenvalue weighted by atomic mass is 16.7. The molecule has 0 bridgehead atoms. The van der Waals surface area contributed by atoms with Crippen LogP contribution >= 0.6 is 0 Å². The van der Waals surface area contributed by atoms with Gasteiger partial charge in [-0.15, -0.1) is 6.58 Å². The third-order valence-electron chi connectivity index (χ3n) is 2.82. The summed E-state index contributed by atoms with van der Waals surface area (Å²) in [6.45, 7) is 8.15. The maximum atomic E-state index is 5.15. The maximum absolute atomic E-state index is 5.15. The van der Waals surface area contributed by atoms with Gasteiger partial charge in [-0.1, -0.05) is 24.6 Å². The van der Waals surface area contributed by atoms with Crippen LogP contribution in [0, 0.1) is 5.92 Å². The Labute approximate surface area is 100 Å². The van der Waals surface area contributed by atoms with Crippen molar-refractivity contribution >= 4 is 0 Å². The van der Waals surface area contributed by atoms with E-state index in [-0.39, 0.29) is 6.29 Å². The molecule has 0 aliphatic heterocycles. The number of hydrogen-bond acceptors (Lipinski definition) is 2. The molecule has 0 saturated heterocycles. The third-order valence-corrected chi connectivity index (χ3v) is 2.82. The summed E-state index contributed by atoms with van der Waals surface area (Å²) < 4.78 is 10.3. The van der Waals surface area contributed by atoms with Crippen LogP contribution in [0.5, 0.6) is 0 Å². The minimum atomic E-state index is -0.0737. The summed E-state index contributed by atoms with van der Waals surface area (Å²) in [6, 6.07) is 0. The van der Waals surface area contributed by atoms with E-state index in [1.165, 1.54) is 12.0 Å². The monoisotopic (exact) mass is 226 g/mol. The summed E-state index contributed by atoms with van der Waals surface area (Å²) in [7, 11) is 3.36. The molecular weight excluding hydrogens is 200 g/mol. The first-order valence-electron chi connectivity index (χ1n) is 5.97. The summed E-state index contributed by atoms with van der Waals surface area (Å²) in [5.41, 5.74) is 1.41. The Hall–Kier alpha value is -0.600. The standard InChI is InChI=1S/C14H26O2/c1-6-12(2)8-7-9-13(3)10-11-14(15-4)16-5/h6,9,12,14H,1,7-8,10-11H2,2-5H3/b13-9+. The van der Waals surface area contributed by atoms with Crippen molar-refractivity contribution in [3.05, 3.63) is 24.3 Å². The third kappa shape index (κ3) is 7.66. The SMILES string of the molecule is C=CC(C)CC/C=C(\C)CCC(OC)OC. The van der Waals surface area contributed by atoms with E-state index in [2.05, 4.69) is 26.5 Å². The molecule has 0 aromatic heterocycles. The molecule has 2 nitrogen and oxygen atoms in total. The van der Waals surface area contributed by atoms with Crippen LogP contribution in [0.15, 0.2) is 24.3 Å². The van der Waals surface area contributed by atoms with E-state index in [1.54, 1.807) is 14.2 Å². The van der Waals surface area contributed by atoms with Gasteiger partial charge in [0.1, 0.15) is 0 Å². The predicted molar refractivity (Wildman–Crippen MR) is 69.4 cm³/mol. The van der Waals surface area contributed by atoms with Crippen molar-refractivity contribution < 1.29 is 9.47 Å². The fourth-order valence-corrected chi connectivity index (χ4v) is 1.49. The second-order valence-corrected chi connectivity index (χ2v) is 4.28. The quantitative estimate of drug-likeness (QED) is 0.438. The number of ether oxygens (including phenoxy) is 2. The molecule has 0 aliphatic carbocycles. The molecule has 0 spiro atoms. The molecule has 0 N–H and O–H groups in total. The average molecular weight is 226 g/mol. The lowest BCUT2D eigenvalue weighted by molar-refractivity contribution is -0.105. The van der Waals surface area contributed by atoms with Crippen LogP contribution in [0.25, 0.3) is 0 Å². The van der Waals surface area contributed by atoms with Crippen LogP contribution in [-0.2, 0) is 9.47 Å². The molecule has 2 heteroatoms. The van der Waals surface area contributed by atoms with Gasteiger partial charge in [-0.2, -0.15) is 0 Å². The van der Waals surface area contributed by atoms with Gasteiger partial charge in [0.05, 0.1) is 0 Å². The van der Waals surface area contributed by atoms with E-state index in [9.17, 15) is 0 Å². The first-order chi connectivity index (χ1) is 7.63. The van der Waals surface area contributed by atoms with Crippen molar-refractivity contribution in [1.29, 1.82) is 0 Å². The molecular formula is C14H26O2. The summed E-state index contributed by atoms with van der Waals surface area (Å²) in [4.78, 5) is 0. The molecule has 1 unspecified atom stereocenters. The Morgan fingerprint density at radius 3 is 2.38 bits per heavy atom. The number of hydrogen-bond donors (Lipinski definition) is 0. The lowest BCUT2D eigenvalue weighted by Crippen LogP contribution is -2.12. The van der Waals surface area contributed by atoms with E-state index >= 15 is 0 Å². The fraction of sp³-hybridized carbons (Fsp3) is 0.714. The normalized spacial score (nSPS) is 14.2. The number of rotatable bonds is 9. The summed E-state index contributed by atoms with van der Waals surface area (Å²) in [5.74, 6) is 0.606. The van der Waals surface area contributed by atoms with Gasteiger partial charge in [0.15, 0.2) is 6.29 Å². The lowest BCUT2D eigenvalue weighted by Gasteiger charge is -2.13. The second-order valence-electron chi connectivity index (χ2n) is 4.28. The zero-order valence-electron chi connectivity index (χ0n) is 11.2. The zero-order valence-corrected chi connectivity index (χ0v) is 11.2. The van der Waals surface area contributed by atoms with Crippen LogP contribution in [0.4, 0.5) is 0 Å². The highest BCUT2D eigenvalue weighted by Gasteiger charge is 2.04. The summed E-state index contributed by atoms with van der Waals surface area (Å²) in [5, 5.41) is 0. The Bertz CT molecular complexity index is 205. The molecule has 16 heavy (non-hydrogen) atoms. The van der Waals surface area contributed by atoms with E-state index in [0.717, 1.165) is 19.3 Å². The molecule has 0 saturated carbocycles.